The molecule has 0 bridgehead atoms. The van der Waals surface area contributed by atoms with E-state index < -0.39 is 0 Å². The Kier molecular flexibility index (Phi) is 6.67. The number of nitrogens with zero attached hydrogens (tertiary/aromatic N) is 1. The van der Waals surface area contributed by atoms with Gasteiger partial charge in [0.15, 0.2) is 0 Å². The number of carbonyl (C=O) groups is 1. The molecule has 2 atom stereocenters. The number of hydrogen-bond donors (Lipinski definition) is 1. The Morgan fingerprint density at radius 3 is 2.90 bits per heavy atom. The lowest BCUT2D eigenvalue weighted by atomic mass is 10.1. The van der Waals surface area contributed by atoms with Crippen LogP contribution in [0.4, 0.5) is 0 Å². The lowest BCUT2D eigenvalue weighted by Crippen LogP contribution is -2.32. The molecule has 1 aliphatic heterocycles. The van der Waals surface area contributed by atoms with E-state index in [-0.39, 0.29) is 18.1 Å². The van der Waals surface area contributed by atoms with Gasteiger partial charge in [-0.1, -0.05) is 13.3 Å². The lowest BCUT2D eigenvalue weighted by Gasteiger charge is -2.23. The standard InChI is InChI=1S/C16H26N2O2S/c1-3-7-14-16(19)18(9-5-4-6-10-20-2)15(17-14)13-8-11-21-12-13/h8,11-12,14-15,17H,3-7,9-10H2,1-2H3. The van der Waals surface area contributed by atoms with Crippen molar-refractivity contribution < 1.29 is 9.53 Å². The molecule has 1 fully saturated rings. The van der Waals surface area contributed by atoms with Crippen molar-refractivity contribution in [2.45, 2.75) is 51.2 Å². The van der Waals surface area contributed by atoms with Crippen LogP contribution < -0.4 is 5.32 Å². The topological polar surface area (TPSA) is 41.6 Å². The summed E-state index contributed by atoms with van der Waals surface area (Å²) in [7, 11) is 1.73. The molecule has 2 rings (SSSR count). The van der Waals surface area contributed by atoms with E-state index in [9.17, 15) is 4.79 Å². The van der Waals surface area contributed by atoms with E-state index in [1.165, 1.54) is 5.56 Å². The van der Waals surface area contributed by atoms with Gasteiger partial charge in [0.05, 0.1) is 6.04 Å². The Labute approximate surface area is 131 Å². The van der Waals surface area contributed by atoms with Crippen LogP contribution in [-0.2, 0) is 9.53 Å². The summed E-state index contributed by atoms with van der Waals surface area (Å²) in [4.78, 5) is 14.6. The highest BCUT2D eigenvalue weighted by atomic mass is 32.1. The second-order valence-corrected chi connectivity index (χ2v) is 6.33. The number of nitrogens with one attached hydrogen (secondary N) is 1. The number of unbranched alkanes of at least 4 members (excludes halogenated alkanes) is 2. The van der Waals surface area contributed by atoms with Gasteiger partial charge in [-0.2, -0.15) is 11.3 Å². The van der Waals surface area contributed by atoms with E-state index in [4.69, 9.17) is 4.74 Å². The van der Waals surface area contributed by atoms with Crippen molar-refractivity contribution in [3.8, 4) is 0 Å². The van der Waals surface area contributed by atoms with E-state index in [0.717, 1.165) is 45.3 Å². The number of hydrogen-bond acceptors (Lipinski definition) is 4. The Morgan fingerprint density at radius 2 is 2.24 bits per heavy atom. The molecule has 0 aliphatic carbocycles. The first-order valence-electron chi connectivity index (χ1n) is 7.85. The van der Waals surface area contributed by atoms with Crippen molar-refractivity contribution in [2.75, 3.05) is 20.3 Å². The number of carbonyl (C=O) groups excluding carboxylic acids is 1. The highest BCUT2D eigenvalue weighted by molar-refractivity contribution is 7.07. The smallest absolute Gasteiger partial charge is 0.241 e. The predicted molar refractivity (Wildman–Crippen MR) is 86.3 cm³/mol. The largest absolute Gasteiger partial charge is 0.385 e. The van der Waals surface area contributed by atoms with Gasteiger partial charge >= 0.3 is 0 Å². The van der Waals surface area contributed by atoms with Crippen molar-refractivity contribution in [1.82, 2.24) is 10.2 Å². The molecule has 2 unspecified atom stereocenters. The molecule has 1 amide bonds. The third-order valence-electron chi connectivity index (χ3n) is 3.94. The van der Waals surface area contributed by atoms with Crippen molar-refractivity contribution >= 4 is 17.2 Å². The molecule has 2 heterocycles. The first-order valence-corrected chi connectivity index (χ1v) is 8.79. The summed E-state index contributed by atoms with van der Waals surface area (Å²) < 4.78 is 5.07. The summed E-state index contributed by atoms with van der Waals surface area (Å²) in [6.45, 7) is 3.76. The van der Waals surface area contributed by atoms with Gasteiger partial charge in [-0.15, -0.1) is 0 Å². The van der Waals surface area contributed by atoms with Gasteiger partial charge in [-0.3, -0.25) is 10.1 Å². The van der Waals surface area contributed by atoms with Crippen LogP contribution in [0.1, 0.15) is 50.8 Å². The highest BCUT2D eigenvalue weighted by Gasteiger charge is 2.38. The van der Waals surface area contributed by atoms with Crippen LogP contribution in [0.15, 0.2) is 16.8 Å². The first kappa shape index (κ1) is 16.5. The Morgan fingerprint density at radius 1 is 1.38 bits per heavy atom. The molecule has 21 heavy (non-hydrogen) atoms. The molecule has 0 saturated carbocycles. The molecular weight excluding hydrogens is 284 g/mol. The molecule has 5 heteroatoms. The maximum absolute atomic E-state index is 12.6. The second-order valence-electron chi connectivity index (χ2n) is 5.55. The van der Waals surface area contributed by atoms with Crippen molar-refractivity contribution in [2.24, 2.45) is 0 Å². The van der Waals surface area contributed by atoms with Crippen molar-refractivity contribution in [1.29, 1.82) is 0 Å². The Bertz CT molecular complexity index is 422. The Hall–Kier alpha value is -0.910. The fraction of sp³-hybridized carbons (Fsp3) is 0.688. The average Bonchev–Trinajstić information content (AvgIpc) is 3.10. The molecule has 118 valence electrons. The molecule has 0 aromatic carbocycles. The fourth-order valence-electron chi connectivity index (χ4n) is 2.83. The monoisotopic (exact) mass is 310 g/mol. The van der Waals surface area contributed by atoms with Crippen LogP contribution in [0.2, 0.25) is 0 Å². The van der Waals surface area contributed by atoms with Crippen LogP contribution in [0.5, 0.6) is 0 Å². The minimum atomic E-state index is -0.0149. The number of ether oxygens (including phenoxy) is 1. The molecule has 1 aliphatic rings. The number of amides is 1. The van der Waals surface area contributed by atoms with E-state index in [1.807, 2.05) is 4.90 Å². The van der Waals surface area contributed by atoms with Gasteiger partial charge in [0, 0.05) is 20.3 Å². The number of methoxy groups -OCH3 is 1. The molecule has 0 spiro atoms. The van der Waals surface area contributed by atoms with Crippen molar-refractivity contribution in [3.63, 3.8) is 0 Å². The van der Waals surface area contributed by atoms with Gasteiger partial charge < -0.3 is 9.64 Å². The second kappa shape index (κ2) is 8.51. The maximum atomic E-state index is 12.6. The number of rotatable bonds is 9. The van der Waals surface area contributed by atoms with E-state index >= 15 is 0 Å². The molecule has 1 N–H and O–H groups in total. The zero-order chi connectivity index (χ0) is 15.1. The summed E-state index contributed by atoms with van der Waals surface area (Å²) in [6, 6.07) is 2.10. The zero-order valence-corrected chi connectivity index (χ0v) is 13.8. The van der Waals surface area contributed by atoms with E-state index in [2.05, 4.69) is 29.1 Å². The minimum absolute atomic E-state index is 0.0149. The summed E-state index contributed by atoms with van der Waals surface area (Å²) in [5, 5.41) is 7.72. The highest BCUT2D eigenvalue weighted by Crippen LogP contribution is 2.28. The number of thiophene rings is 1. The van der Waals surface area contributed by atoms with Crippen LogP contribution in [-0.4, -0.2) is 37.1 Å². The van der Waals surface area contributed by atoms with Crippen LogP contribution in [0.3, 0.4) is 0 Å². The summed E-state index contributed by atoms with van der Waals surface area (Å²) in [6.07, 6.45) is 5.21. The van der Waals surface area contributed by atoms with Crippen molar-refractivity contribution in [3.05, 3.63) is 22.4 Å². The maximum Gasteiger partial charge on any atom is 0.241 e. The van der Waals surface area contributed by atoms with Gasteiger partial charge in [-0.05, 0) is 48.1 Å². The first-order chi connectivity index (χ1) is 10.3. The third kappa shape index (κ3) is 4.28. The van der Waals surface area contributed by atoms with Crippen LogP contribution in [0.25, 0.3) is 0 Å². The molecule has 1 saturated heterocycles. The van der Waals surface area contributed by atoms with Gasteiger partial charge in [0.1, 0.15) is 6.17 Å². The zero-order valence-electron chi connectivity index (χ0n) is 13.0. The van der Waals surface area contributed by atoms with Gasteiger partial charge in [0.2, 0.25) is 5.91 Å². The van der Waals surface area contributed by atoms with E-state index in [0.29, 0.717) is 0 Å². The summed E-state index contributed by atoms with van der Waals surface area (Å²) >= 11 is 1.68. The fourth-order valence-corrected chi connectivity index (χ4v) is 3.50. The molecular formula is C16H26N2O2S. The molecule has 1 aromatic rings. The Balaban J connectivity index is 1.94. The normalized spacial score (nSPS) is 22.2. The lowest BCUT2D eigenvalue weighted by molar-refractivity contribution is -0.130. The summed E-state index contributed by atoms with van der Waals surface area (Å²) in [5.41, 5.74) is 1.21. The van der Waals surface area contributed by atoms with E-state index in [1.54, 1.807) is 18.4 Å². The average molecular weight is 310 g/mol. The molecule has 1 aromatic heterocycles. The third-order valence-corrected chi connectivity index (χ3v) is 4.64. The molecule has 0 radical (unpaired) electrons. The van der Waals surface area contributed by atoms with Crippen LogP contribution >= 0.6 is 11.3 Å². The quantitative estimate of drug-likeness (QED) is 0.712. The summed E-state index contributed by atoms with van der Waals surface area (Å²) in [5.74, 6) is 0.264. The SMILES string of the molecule is CCCC1NC(c2ccsc2)N(CCCCCOC)C1=O. The predicted octanol–water partition coefficient (Wildman–Crippen LogP) is 3.16. The minimum Gasteiger partial charge on any atom is -0.385 e. The van der Waals surface area contributed by atoms with Gasteiger partial charge in [-0.25, -0.2) is 0 Å². The van der Waals surface area contributed by atoms with Crippen LogP contribution in [0, 0.1) is 0 Å². The molecule has 4 nitrogen and oxygen atoms in total. The van der Waals surface area contributed by atoms with Gasteiger partial charge in [0.25, 0.3) is 0 Å².